The van der Waals surface area contributed by atoms with Gasteiger partial charge < -0.3 is 4.74 Å². The quantitative estimate of drug-likeness (QED) is 0.470. The number of carbonyl (C=O) groups excluding carboxylic acids is 1. The molecule has 4 heteroatoms. The number of hydrogen-bond donors (Lipinski definition) is 0. The van der Waals surface area contributed by atoms with Gasteiger partial charge in [-0.1, -0.05) is 18.2 Å². The lowest BCUT2D eigenvalue weighted by molar-refractivity contribution is 0.0600. The Morgan fingerprint density at radius 3 is 2.59 bits per heavy atom. The Morgan fingerprint density at radius 1 is 1.35 bits per heavy atom. The Labute approximate surface area is 106 Å². The van der Waals surface area contributed by atoms with Crippen molar-refractivity contribution >= 4 is 24.1 Å². The van der Waals surface area contributed by atoms with Crippen molar-refractivity contribution in [2.75, 3.05) is 7.11 Å². The van der Waals surface area contributed by atoms with Gasteiger partial charge in [-0.15, -0.1) is 0 Å². The zero-order chi connectivity index (χ0) is 12.9. The largest absolute Gasteiger partial charge is 0.465 e. The Bertz CT molecular complexity index is 422. The maximum atomic E-state index is 11.5. The first-order chi connectivity index (χ1) is 7.94. The van der Waals surface area contributed by atoms with E-state index in [0.717, 1.165) is 5.56 Å². The monoisotopic (exact) mass is 251 g/mol. The van der Waals surface area contributed by atoms with Crippen molar-refractivity contribution < 1.29 is 9.53 Å². The lowest BCUT2D eigenvalue weighted by Crippen LogP contribution is -2.06. The van der Waals surface area contributed by atoms with Crippen molar-refractivity contribution in [3.05, 3.63) is 35.4 Å². The number of carbonyl (C=O) groups is 1. The summed E-state index contributed by atoms with van der Waals surface area (Å²) in [6, 6.07) is 7.25. The highest BCUT2D eigenvalue weighted by Gasteiger charge is 2.11. The second-order valence-corrected chi connectivity index (χ2v) is 6.14. The normalized spacial score (nSPS) is 11.8. The van der Waals surface area contributed by atoms with Crippen molar-refractivity contribution in [3.63, 3.8) is 0 Å². The molecule has 0 saturated carbocycles. The summed E-state index contributed by atoms with van der Waals surface area (Å²) in [7, 11) is 1.38. The van der Waals surface area contributed by atoms with Gasteiger partial charge in [0.2, 0.25) is 0 Å². The second kappa shape index (κ2) is 5.87. The molecule has 3 nitrogen and oxygen atoms in total. The molecule has 0 bridgehead atoms. The van der Waals surface area contributed by atoms with E-state index in [4.69, 9.17) is 4.74 Å². The van der Waals surface area contributed by atoms with Crippen LogP contribution in [0.2, 0.25) is 0 Å². The lowest BCUT2D eigenvalue weighted by atomic mass is 10.1. The third kappa shape index (κ3) is 4.61. The van der Waals surface area contributed by atoms with Crippen molar-refractivity contribution in [3.8, 4) is 0 Å². The fourth-order valence-electron chi connectivity index (χ4n) is 1.15. The molecule has 0 atom stereocenters. The number of ether oxygens (including phenoxy) is 1. The summed E-state index contributed by atoms with van der Waals surface area (Å²) in [5, 5.41) is 0. The topological polar surface area (TPSA) is 38.7 Å². The minimum atomic E-state index is -0.340. The maximum absolute atomic E-state index is 11.5. The molecule has 0 radical (unpaired) electrons. The van der Waals surface area contributed by atoms with Gasteiger partial charge in [0.05, 0.1) is 12.7 Å². The summed E-state index contributed by atoms with van der Waals surface area (Å²) in [6.07, 6.45) is 1.70. The van der Waals surface area contributed by atoms with Crippen LogP contribution >= 0.6 is 11.9 Å². The fourth-order valence-corrected chi connectivity index (χ4v) is 1.63. The SMILES string of the molecule is COC(=O)c1ccccc1/C=N/SC(C)(C)C. The van der Waals surface area contributed by atoms with Crippen LogP contribution in [-0.4, -0.2) is 24.0 Å². The van der Waals surface area contributed by atoms with Gasteiger partial charge >= 0.3 is 5.97 Å². The molecular weight excluding hydrogens is 234 g/mol. The summed E-state index contributed by atoms with van der Waals surface area (Å²) in [5.41, 5.74) is 1.31. The van der Waals surface area contributed by atoms with Crippen LogP contribution in [0.25, 0.3) is 0 Å². The van der Waals surface area contributed by atoms with Crippen LogP contribution in [0, 0.1) is 0 Å². The number of rotatable bonds is 3. The molecule has 0 heterocycles. The average molecular weight is 251 g/mol. The minimum absolute atomic E-state index is 0.0662. The minimum Gasteiger partial charge on any atom is -0.465 e. The van der Waals surface area contributed by atoms with Gasteiger partial charge in [-0.2, -0.15) is 0 Å². The smallest absolute Gasteiger partial charge is 0.338 e. The average Bonchev–Trinajstić information content (AvgIpc) is 2.27. The van der Waals surface area contributed by atoms with Crippen LogP contribution < -0.4 is 0 Å². The van der Waals surface area contributed by atoms with E-state index in [2.05, 4.69) is 25.2 Å². The molecule has 0 spiro atoms. The fraction of sp³-hybridized carbons (Fsp3) is 0.385. The number of methoxy groups -OCH3 is 1. The Balaban J connectivity index is 2.87. The highest BCUT2D eigenvalue weighted by atomic mass is 32.2. The molecule has 1 aromatic rings. The van der Waals surface area contributed by atoms with Crippen molar-refractivity contribution in [1.29, 1.82) is 0 Å². The van der Waals surface area contributed by atoms with Gasteiger partial charge in [-0.05, 0) is 38.8 Å². The third-order valence-corrected chi connectivity index (χ3v) is 2.64. The van der Waals surface area contributed by atoms with Gasteiger partial charge in [-0.3, -0.25) is 0 Å². The van der Waals surface area contributed by atoms with Crippen LogP contribution in [0.1, 0.15) is 36.7 Å². The number of benzene rings is 1. The maximum Gasteiger partial charge on any atom is 0.338 e. The Kier molecular flexibility index (Phi) is 4.75. The van der Waals surface area contributed by atoms with E-state index in [0.29, 0.717) is 5.56 Å². The van der Waals surface area contributed by atoms with Crippen LogP contribution in [0.5, 0.6) is 0 Å². The molecule has 92 valence electrons. The summed E-state index contributed by atoms with van der Waals surface area (Å²) in [6.45, 7) is 6.25. The molecule has 0 aliphatic carbocycles. The molecule has 1 aromatic carbocycles. The molecule has 0 saturated heterocycles. The van der Waals surface area contributed by atoms with E-state index >= 15 is 0 Å². The van der Waals surface area contributed by atoms with Crippen LogP contribution in [-0.2, 0) is 4.74 Å². The predicted octanol–water partition coefficient (Wildman–Crippen LogP) is 3.34. The van der Waals surface area contributed by atoms with E-state index in [-0.39, 0.29) is 10.7 Å². The number of nitrogens with zero attached hydrogens (tertiary/aromatic N) is 1. The van der Waals surface area contributed by atoms with Crippen molar-refractivity contribution in [1.82, 2.24) is 0 Å². The highest BCUT2D eigenvalue weighted by molar-refractivity contribution is 7.99. The molecule has 0 aliphatic rings. The first kappa shape index (κ1) is 13.8. The van der Waals surface area contributed by atoms with E-state index < -0.39 is 0 Å². The summed E-state index contributed by atoms with van der Waals surface area (Å²) in [5.74, 6) is -0.340. The zero-order valence-electron chi connectivity index (χ0n) is 10.6. The summed E-state index contributed by atoms with van der Waals surface area (Å²) < 4.78 is 9.06. The van der Waals surface area contributed by atoms with Crippen LogP contribution in [0.15, 0.2) is 28.7 Å². The number of esters is 1. The van der Waals surface area contributed by atoms with E-state index in [9.17, 15) is 4.79 Å². The van der Waals surface area contributed by atoms with Crippen LogP contribution in [0.3, 0.4) is 0 Å². The predicted molar refractivity (Wildman–Crippen MR) is 72.7 cm³/mol. The number of hydrogen-bond acceptors (Lipinski definition) is 4. The standard InChI is InChI=1S/C13H17NO2S/c1-13(2,3)17-14-9-10-7-5-6-8-11(10)12(15)16-4/h5-9H,1-4H3/b14-9+. The lowest BCUT2D eigenvalue weighted by Gasteiger charge is -2.12. The molecule has 0 unspecified atom stereocenters. The molecule has 0 N–H and O–H groups in total. The molecule has 0 aliphatic heterocycles. The zero-order valence-corrected chi connectivity index (χ0v) is 11.4. The third-order valence-electron chi connectivity index (χ3n) is 1.88. The first-order valence-corrected chi connectivity index (χ1v) is 6.10. The molecule has 0 amide bonds. The van der Waals surface area contributed by atoms with E-state index in [1.54, 1.807) is 18.3 Å². The molecule has 17 heavy (non-hydrogen) atoms. The van der Waals surface area contributed by atoms with Crippen molar-refractivity contribution in [2.45, 2.75) is 25.5 Å². The summed E-state index contributed by atoms with van der Waals surface area (Å²) in [4.78, 5) is 11.5. The summed E-state index contributed by atoms with van der Waals surface area (Å²) >= 11 is 1.47. The first-order valence-electron chi connectivity index (χ1n) is 5.33. The van der Waals surface area contributed by atoms with Gasteiger partial charge in [0, 0.05) is 16.5 Å². The van der Waals surface area contributed by atoms with Gasteiger partial charge in [0.25, 0.3) is 0 Å². The molecular formula is C13H17NO2S. The van der Waals surface area contributed by atoms with E-state index in [1.165, 1.54) is 19.1 Å². The van der Waals surface area contributed by atoms with Gasteiger partial charge in [-0.25, -0.2) is 9.19 Å². The van der Waals surface area contributed by atoms with E-state index in [1.807, 2.05) is 12.1 Å². The van der Waals surface area contributed by atoms with Gasteiger partial charge in [0.1, 0.15) is 0 Å². The van der Waals surface area contributed by atoms with Crippen molar-refractivity contribution in [2.24, 2.45) is 4.40 Å². The Hall–Kier alpha value is -1.29. The van der Waals surface area contributed by atoms with Gasteiger partial charge in [0.15, 0.2) is 0 Å². The van der Waals surface area contributed by atoms with Crippen LogP contribution in [0.4, 0.5) is 0 Å². The molecule has 1 rings (SSSR count). The molecule has 0 aromatic heterocycles. The molecule has 0 fully saturated rings. The highest BCUT2D eigenvalue weighted by Crippen LogP contribution is 2.24. The second-order valence-electron chi connectivity index (χ2n) is 4.52. The Morgan fingerprint density at radius 2 is 2.00 bits per heavy atom.